The van der Waals surface area contributed by atoms with E-state index in [9.17, 15) is 10.1 Å². The molecule has 0 radical (unpaired) electrons. The van der Waals surface area contributed by atoms with E-state index in [1.165, 1.54) is 17.8 Å². The first-order valence-electron chi connectivity index (χ1n) is 4.54. The SMILES string of the molecule is NOOCCSCc1ccccc1[N+](=O)[O-]. The van der Waals surface area contributed by atoms with Gasteiger partial charge in [0.25, 0.3) is 5.69 Å². The summed E-state index contributed by atoms with van der Waals surface area (Å²) in [6, 6.07) is 6.67. The molecule has 16 heavy (non-hydrogen) atoms. The van der Waals surface area contributed by atoms with Crippen LogP contribution in [0.25, 0.3) is 0 Å². The molecule has 6 nitrogen and oxygen atoms in total. The lowest BCUT2D eigenvalue weighted by atomic mass is 10.2. The molecule has 1 aromatic carbocycles. The van der Waals surface area contributed by atoms with Gasteiger partial charge < -0.3 is 0 Å². The van der Waals surface area contributed by atoms with Crippen molar-refractivity contribution in [1.82, 2.24) is 0 Å². The fourth-order valence-corrected chi connectivity index (χ4v) is 1.93. The van der Waals surface area contributed by atoms with Gasteiger partial charge in [-0.2, -0.15) is 17.7 Å². The highest BCUT2D eigenvalue weighted by atomic mass is 32.2. The first-order chi connectivity index (χ1) is 7.75. The van der Waals surface area contributed by atoms with Crippen molar-refractivity contribution in [3.05, 3.63) is 39.9 Å². The van der Waals surface area contributed by atoms with Crippen molar-refractivity contribution in [2.45, 2.75) is 5.75 Å². The van der Waals surface area contributed by atoms with Crippen LogP contribution in [0, 0.1) is 10.1 Å². The Morgan fingerprint density at radius 3 is 2.88 bits per heavy atom. The van der Waals surface area contributed by atoms with Crippen LogP contribution in [-0.4, -0.2) is 17.3 Å². The van der Waals surface area contributed by atoms with Crippen molar-refractivity contribution in [3.8, 4) is 0 Å². The Morgan fingerprint density at radius 1 is 1.44 bits per heavy atom. The van der Waals surface area contributed by atoms with E-state index in [0.717, 1.165) is 0 Å². The second-order valence-corrected chi connectivity index (χ2v) is 3.96. The molecular weight excluding hydrogens is 232 g/mol. The van der Waals surface area contributed by atoms with Gasteiger partial charge in [-0.3, -0.25) is 10.1 Å². The lowest BCUT2D eigenvalue weighted by molar-refractivity contribution is -0.385. The number of nitro benzene ring substituents is 1. The normalized spacial score (nSPS) is 10.3. The number of nitrogens with two attached hydrogens (primary N) is 1. The molecule has 0 aromatic heterocycles. The number of thioether (sulfide) groups is 1. The van der Waals surface area contributed by atoms with E-state index >= 15 is 0 Å². The third kappa shape index (κ3) is 4.15. The molecule has 88 valence electrons. The Morgan fingerprint density at radius 2 is 2.19 bits per heavy atom. The third-order valence-electron chi connectivity index (χ3n) is 1.82. The molecule has 0 atom stereocenters. The van der Waals surface area contributed by atoms with Crippen molar-refractivity contribution in [2.75, 3.05) is 12.4 Å². The molecule has 0 aliphatic rings. The zero-order valence-corrected chi connectivity index (χ0v) is 9.31. The van der Waals surface area contributed by atoms with Gasteiger partial charge in [-0.15, -0.1) is 4.99 Å². The number of para-hydroxylation sites is 1. The zero-order chi connectivity index (χ0) is 11.8. The van der Waals surface area contributed by atoms with E-state index in [4.69, 9.17) is 0 Å². The van der Waals surface area contributed by atoms with Crippen LogP contribution in [0.2, 0.25) is 0 Å². The summed E-state index contributed by atoms with van der Waals surface area (Å²) in [7, 11) is 0. The van der Waals surface area contributed by atoms with Crippen LogP contribution >= 0.6 is 11.8 Å². The van der Waals surface area contributed by atoms with E-state index in [2.05, 4.69) is 15.8 Å². The fourth-order valence-electron chi connectivity index (χ4n) is 1.13. The molecule has 7 heteroatoms. The van der Waals surface area contributed by atoms with Gasteiger partial charge in [-0.1, -0.05) is 18.2 Å². The van der Waals surface area contributed by atoms with Crippen molar-refractivity contribution in [3.63, 3.8) is 0 Å². The standard InChI is InChI=1S/C9H12N2O4S/c10-15-14-5-6-16-7-8-3-1-2-4-9(8)11(12)13/h1-4H,5-7,10H2. The Balaban J connectivity index is 2.44. The summed E-state index contributed by atoms with van der Waals surface area (Å²) in [5.41, 5.74) is 0.845. The average Bonchev–Trinajstić information content (AvgIpc) is 2.29. The van der Waals surface area contributed by atoms with E-state index in [-0.39, 0.29) is 10.6 Å². The summed E-state index contributed by atoms with van der Waals surface area (Å²) in [5, 5.41) is 10.7. The van der Waals surface area contributed by atoms with E-state index in [1.807, 2.05) is 0 Å². The zero-order valence-electron chi connectivity index (χ0n) is 8.50. The van der Waals surface area contributed by atoms with Gasteiger partial charge in [0, 0.05) is 23.1 Å². The summed E-state index contributed by atoms with van der Waals surface area (Å²) in [4.78, 5) is 18.7. The number of nitro groups is 1. The maximum Gasteiger partial charge on any atom is 0.273 e. The molecule has 2 N–H and O–H groups in total. The predicted molar refractivity (Wildman–Crippen MR) is 60.5 cm³/mol. The minimum atomic E-state index is -0.380. The molecular formula is C9H12N2O4S. The Labute approximate surface area is 96.8 Å². The topological polar surface area (TPSA) is 87.6 Å². The minimum absolute atomic E-state index is 0.144. The van der Waals surface area contributed by atoms with Crippen LogP contribution in [-0.2, 0) is 15.6 Å². The van der Waals surface area contributed by atoms with Crippen molar-refractivity contribution >= 4 is 17.4 Å². The fraction of sp³-hybridized carbons (Fsp3) is 0.333. The molecule has 0 aliphatic carbocycles. The highest BCUT2D eigenvalue weighted by Crippen LogP contribution is 2.22. The molecule has 0 saturated carbocycles. The maximum atomic E-state index is 10.7. The largest absolute Gasteiger partial charge is 0.273 e. The highest BCUT2D eigenvalue weighted by molar-refractivity contribution is 7.98. The van der Waals surface area contributed by atoms with Crippen molar-refractivity contribution < 1.29 is 14.8 Å². The van der Waals surface area contributed by atoms with Crippen molar-refractivity contribution in [2.24, 2.45) is 5.90 Å². The monoisotopic (exact) mass is 244 g/mol. The quantitative estimate of drug-likeness (QED) is 0.339. The van der Waals surface area contributed by atoms with Crippen LogP contribution < -0.4 is 5.90 Å². The van der Waals surface area contributed by atoms with E-state index in [0.29, 0.717) is 23.7 Å². The minimum Gasteiger partial charge on any atom is -0.258 e. The maximum absolute atomic E-state index is 10.7. The molecule has 0 bridgehead atoms. The van der Waals surface area contributed by atoms with Gasteiger partial charge in [0.05, 0.1) is 11.5 Å². The molecule has 1 rings (SSSR count). The number of hydrogen-bond donors (Lipinski definition) is 1. The predicted octanol–water partition coefficient (Wildman–Crippen LogP) is 1.65. The van der Waals surface area contributed by atoms with Crippen LogP contribution in [0.3, 0.4) is 0 Å². The van der Waals surface area contributed by atoms with Crippen LogP contribution in [0.1, 0.15) is 5.56 Å². The molecule has 0 aliphatic heterocycles. The molecule has 0 fully saturated rings. The Kier molecular flexibility index (Phi) is 5.79. The Bertz CT molecular complexity index is 348. The van der Waals surface area contributed by atoms with E-state index in [1.54, 1.807) is 18.2 Å². The van der Waals surface area contributed by atoms with Gasteiger partial charge in [0.1, 0.15) is 0 Å². The van der Waals surface area contributed by atoms with E-state index < -0.39 is 0 Å². The van der Waals surface area contributed by atoms with Gasteiger partial charge >= 0.3 is 0 Å². The third-order valence-corrected chi connectivity index (χ3v) is 2.80. The molecule has 0 heterocycles. The second-order valence-electron chi connectivity index (χ2n) is 2.86. The van der Waals surface area contributed by atoms with Crippen LogP contribution in [0.15, 0.2) is 24.3 Å². The molecule has 0 spiro atoms. The van der Waals surface area contributed by atoms with Crippen LogP contribution in [0.4, 0.5) is 5.69 Å². The van der Waals surface area contributed by atoms with Crippen LogP contribution in [0.5, 0.6) is 0 Å². The highest BCUT2D eigenvalue weighted by Gasteiger charge is 2.11. The average molecular weight is 244 g/mol. The summed E-state index contributed by atoms with van der Waals surface area (Å²) in [5.74, 6) is 5.88. The summed E-state index contributed by atoms with van der Waals surface area (Å²) in [6.45, 7) is 0.349. The summed E-state index contributed by atoms with van der Waals surface area (Å²) in [6.07, 6.45) is 0. The first-order valence-corrected chi connectivity index (χ1v) is 5.69. The molecule has 0 saturated heterocycles. The number of rotatable bonds is 7. The smallest absolute Gasteiger partial charge is 0.258 e. The lowest BCUT2D eigenvalue weighted by Crippen LogP contribution is -2.04. The second kappa shape index (κ2) is 7.18. The molecule has 1 aromatic rings. The molecule has 0 unspecified atom stereocenters. The van der Waals surface area contributed by atoms with Gasteiger partial charge in [-0.25, -0.2) is 4.89 Å². The van der Waals surface area contributed by atoms with Gasteiger partial charge in [0.15, 0.2) is 0 Å². The molecule has 0 amide bonds. The van der Waals surface area contributed by atoms with Gasteiger partial charge in [-0.05, 0) is 0 Å². The summed E-state index contributed by atoms with van der Waals surface area (Å²) < 4.78 is 0. The lowest BCUT2D eigenvalue weighted by Gasteiger charge is -2.02. The van der Waals surface area contributed by atoms with Crippen molar-refractivity contribution in [1.29, 1.82) is 0 Å². The number of benzene rings is 1. The Hall–Kier alpha value is -1.15. The number of hydrogen-bond acceptors (Lipinski definition) is 6. The first kappa shape index (κ1) is 12.9. The number of nitrogens with zero attached hydrogens (tertiary/aromatic N) is 1. The van der Waals surface area contributed by atoms with Gasteiger partial charge in [0.2, 0.25) is 0 Å². The summed E-state index contributed by atoms with van der Waals surface area (Å²) >= 11 is 1.51.